The van der Waals surface area contributed by atoms with Crippen molar-refractivity contribution in [3.8, 4) is 0 Å². The minimum Gasteiger partial charge on any atom is -0.465 e. The van der Waals surface area contributed by atoms with Gasteiger partial charge in [0.25, 0.3) is 0 Å². The summed E-state index contributed by atoms with van der Waals surface area (Å²) in [6, 6.07) is 0. The number of rotatable bonds is 12. The first-order valence-electron chi connectivity index (χ1n) is 7.71. The van der Waals surface area contributed by atoms with Gasteiger partial charge in [0, 0.05) is 0 Å². The van der Waals surface area contributed by atoms with Crippen molar-refractivity contribution in [2.24, 2.45) is 5.92 Å². The highest BCUT2D eigenvalue weighted by atomic mass is 16.6. The van der Waals surface area contributed by atoms with E-state index in [4.69, 9.17) is 9.47 Å². The lowest BCUT2D eigenvalue weighted by Gasteiger charge is -2.14. The number of unbranched alkanes of at least 4 members (excludes halogenated alkanes) is 2. The van der Waals surface area contributed by atoms with Crippen molar-refractivity contribution in [3.63, 3.8) is 0 Å². The van der Waals surface area contributed by atoms with E-state index in [1.165, 1.54) is 12.8 Å². The zero-order valence-corrected chi connectivity index (χ0v) is 13.1. The highest BCUT2D eigenvalue weighted by Crippen LogP contribution is 2.11. The Hall–Kier alpha value is -1.10. The molecule has 5 heteroatoms. The Balaban J connectivity index is 3.97. The Bertz CT molecular complexity index is 251. The maximum Gasteiger partial charge on any atom is 0.320 e. The van der Waals surface area contributed by atoms with Gasteiger partial charge in [0.1, 0.15) is 0 Å². The van der Waals surface area contributed by atoms with Crippen molar-refractivity contribution in [1.29, 1.82) is 0 Å². The first-order chi connectivity index (χ1) is 9.67. The molecule has 0 bridgehead atoms. The van der Waals surface area contributed by atoms with Crippen LogP contribution in [0.5, 0.6) is 0 Å². The summed E-state index contributed by atoms with van der Waals surface area (Å²) in [5, 5.41) is 3.31. The quantitative estimate of drug-likeness (QED) is 0.339. The first kappa shape index (κ1) is 18.9. The van der Waals surface area contributed by atoms with Gasteiger partial charge in [0.2, 0.25) is 0 Å². The number of nitrogens with one attached hydrogen (secondary N) is 1. The number of hydrogen-bond donors (Lipinski definition) is 1. The lowest BCUT2D eigenvalue weighted by Crippen LogP contribution is -2.29. The summed E-state index contributed by atoms with van der Waals surface area (Å²) >= 11 is 0. The maximum absolute atomic E-state index is 11.7. The Morgan fingerprint density at radius 3 is 1.95 bits per heavy atom. The predicted octanol–water partition coefficient (Wildman–Crippen LogP) is 2.29. The van der Waals surface area contributed by atoms with Gasteiger partial charge in [-0.3, -0.25) is 9.59 Å². The molecular formula is C15H29NO4. The standard InChI is InChI=1S/C15H29NO4/c1-4-7-8-11-16-12-9-10-13(14(17)19-5-2)15(18)20-6-3/h13,16H,4-12H2,1-3H3. The molecule has 0 aliphatic heterocycles. The number of carbonyl (C=O) groups is 2. The lowest BCUT2D eigenvalue weighted by molar-refractivity contribution is -0.161. The van der Waals surface area contributed by atoms with Crippen LogP contribution in [0.4, 0.5) is 0 Å². The van der Waals surface area contributed by atoms with Crippen LogP contribution < -0.4 is 5.32 Å². The fourth-order valence-corrected chi connectivity index (χ4v) is 1.87. The average molecular weight is 287 g/mol. The van der Waals surface area contributed by atoms with E-state index in [2.05, 4.69) is 12.2 Å². The van der Waals surface area contributed by atoms with E-state index in [-0.39, 0.29) is 13.2 Å². The molecule has 1 N–H and O–H groups in total. The molecule has 20 heavy (non-hydrogen) atoms. The molecule has 0 rings (SSSR count). The Morgan fingerprint density at radius 1 is 0.900 bits per heavy atom. The Labute approximate surface area is 122 Å². The van der Waals surface area contributed by atoms with Gasteiger partial charge in [-0.15, -0.1) is 0 Å². The van der Waals surface area contributed by atoms with Gasteiger partial charge < -0.3 is 14.8 Å². The van der Waals surface area contributed by atoms with Gasteiger partial charge in [-0.2, -0.15) is 0 Å². The molecule has 0 aliphatic carbocycles. The van der Waals surface area contributed by atoms with Crippen LogP contribution >= 0.6 is 0 Å². The lowest BCUT2D eigenvalue weighted by atomic mass is 10.0. The van der Waals surface area contributed by atoms with E-state index in [0.29, 0.717) is 6.42 Å². The second-order valence-electron chi connectivity index (χ2n) is 4.66. The SMILES string of the molecule is CCCCCNCCCC(C(=O)OCC)C(=O)OCC. The van der Waals surface area contributed by atoms with Gasteiger partial charge in [0.05, 0.1) is 13.2 Å². The van der Waals surface area contributed by atoms with E-state index < -0.39 is 17.9 Å². The molecule has 0 saturated carbocycles. The third-order valence-corrected chi connectivity index (χ3v) is 2.95. The van der Waals surface area contributed by atoms with Gasteiger partial charge in [-0.05, 0) is 46.2 Å². The van der Waals surface area contributed by atoms with Crippen molar-refractivity contribution < 1.29 is 19.1 Å². The average Bonchev–Trinajstić information content (AvgIpc) is 2.42. The number of hydrogen-bond acceptors (Lipinski definition) is 5. The molecule has 0 unspecified atom stereocenters. The number of carbonyl (C=O) groups excluding carboxylic acids is 2. The molecule has 0 amide bonds. The molecule has 0 saturated heterocycles. The number of esters is 2. The van der Waals surface area contributed by atoms with E-state index >= 15 is 0 Å². The van der Waals surface area contributed by atoms with Crippen molar-refractivity contribution >= 4 is 11.9 Å². The Kier molecular flexibility index (Phi) is 12.2. The summed E-state index contributed by atoms with van der Waals surface area (Å²) in [6.45, 7) is 7.98. The van der Waals surface area contributed by atoms with Crippen molar-refractivity contribution in [1.82, 2.24) is 5.32 Å². The van der Waals surface area contributed by atoms with Crippen LogP contribution in [0.2, 0.25) is 0 Å². The summed E-state index contributed by atoms with van der Waals surface area (Å²) < 4.78 is 9.84. The Morgan fingerprint density at radius 2 is 1.45 bits per heavy atom. The summed E-state index contributed by atoms with van der Waals surface area (Å²) in [5.41, 5.74) is 0. The van der Waals surface area contributed by atoms with Crippen LogP contribution in [0.25, 0.3) is 0 Å². The molecule has 0 spiro atoms. The molecule has 0 aromatic rings. The largest absolute Gasteiger partial charge is 0.465 e. The van der Waals surface area contributed by atoms with Crippen LogP contribution in [-0.4, -0.2) is 38.2 Å². The third-order valence-electron chi connectivity index (χ3n) is 2.95. The van der Waals surface area contributed by atoms with Crippen LogP contribution in [0.3, 0.4) is 0 Å². The van der Waals surface area contributed by atoms with E-state index in [1.807, 2.05) is 0 Å². The minimum atomic E-state index is -0.785. The molecule has 118 valence electrons. The molecule has 0 aliphatic rings. The minimum absolute atomic E-state index is 0.282. The van der Waals surface area contributed by atoms with E-state index in [0.717, 1.165) is 25.9 Å². The van der Waals surface area contributed by atoms with E-state index in [9.17, 15) is 9.59 Å². The van der Waals surface area contributed by atoms with Crippen LogP contribution in [0, 0.1) is 5.92 Å². The normalized spacial score (nSPS) is 10.6. The van der Waals surface area contributed by atoms with Gasteiger partial charge in [-0.25, -0.2) is 0 Å². The first-order valence-corrected chi connectivity index (χ1v) is 7.71. The molecule has 0 aromatic heterocycles. The number of ether oxygens (including phenoxy) is 2. The van der Waals surface area contributed by atoms with Crippen molar-refractivity contribution in [2.75, 3.05) is 26.3 Å². The summed E-state index contributed by atoms with van der Waals surface area (Å²) in [5.74, 6) is -1.73. The fourth-order valence-electron chi connectivity index (χ4n) is 1.87. The zero-order chi connectivity index (χ0) is 15.2. The van der Waals surface area contributed by atoms with E-state index in [1.54, 1.807) is 13.8 Å². The predicted molar refractivity (Wildman–Crippen MR) is 78.4 cm³/mol. The molecular weight excluding hydrogens is 258 g/mol. The van der Waals surface area contributed by atoms with Crippen LogP contribution in [-0.2, 0) is 19.1 Å². The highest BCUT2D eigenvalue weighted by Gasteiger charge is 2.28. The monoisotopic (exact) mass is 287 g/mol. The summed E-state index contributed by atoms with van der Waals surface area (Å²) in [6.07, 6.45) is 4.82. The molecule has 0 radical (unpaired) electrons. The third kappa shape index (κ3) is 8.91. The smallest absolute Gasteiger partial charge is 0.320 e. The molecule has 0 fully saturated rings. The van der Waals surface area contributed by atoms with Crippen molar-refractivity contribution in [2.45, 2.75) is 52.9 Å². The molecule has 0 heterocycles. The maximum atomic E-state index is 11.7. The zero-order valence-electron chi connectivity index (χ0n) is 13.1. The van der Waals surface area contributed by atoms with Gasteiger partial charge in [-0.1, -0.05) is 19.8 Å². The highest BCUT2D eigenvalue weighted by molar-refractivity contribution is 5.94. The van der Waals surface area contributed by atoms with Crippen LogP contribution in [0.15, 0.2) is 0 Å². The van der Waals surface area contributed by atoms with Gasteiger partial charge in [0.15, 0.2) is 5.92 Å². The fraction of sp³-hybridized carbons (Fsp3) is 0.867. The van der Waals surface area contributed by atoms with Crippen LogP contribution in [0.1, 0.15) is 52.9 Å². The van der Waals surface area contributed by atoms with Gasteiger partial charge >= 0.3 is 11.9 Å². The summed E-state index contributed by atoms with van der Waals surface area (Å²) in [7, 11) is 0. The molecule has 0 atom stereocenters. The molecule has 0 aromatic carbocycles. The van der Waals surface area contributed by atoms with Crippen molar-refractivity contribution in [3.05, 3.63) is 0 Å². The second kappa shape index (κ2) is 12.9. The topological polar surface area (TPSA) is 64.6 Å². The second-order valence-corrected chi connectivity index (χ2v) is 4.66. The molecule has 5 nitrogen and oxygen atoms in total. The summed E-state index contributed by atoms with van der Waals surface area (Å²) in [4.78, 5) is 23.4.